The van der Waals surface area contributed by atoms with Crippen LogP contribution in [-0.2, 0) is 0 Å². The van der Waals surface area contributed by atoms with Gasteiger partial charge in [0.1, 0.15) is 11.5 Å². The van der Waals surface area contributed by atoms with Crippen molar-refractivity contribution in [2.75, 3.05) is 0 Å². The van der Waals surface area contributed by atoms with Crippen LogP contribution in [0.3, 0.4) is 0 Å². The molecule has 3 nitrogen and oxygen atoms in total. The number of H-pyrrole nitrogens is 1. The molecular weight excluding hydrogens is 398 g/mol. The van der Waals surface area contributed by atoms with Crippen LogP contribution in [-0.4, -0.2) is 10.2 Å². The highest BCUT2D eigenvalue weighted by atomic mass is 35.5. The fourth-order valence-electron chi connectivity index (χ4n) is 5.46. The maximum absolute atomic E-state index is 12.1. The number of fused-ring (bicyclic) bond motifs is 6. The van der Waals surface area contributed by atoms with Crippen molar-refractivity contribution in [1.82, 2.24) is 4.98 Å². The van der Waals surface area contributed by atoms with Crippen molar-refractivity contribution in [3.8, 4) is 11.3 Å². The normalized spacial score (nSPS) is 31.1. The first-order valence-corrected chi connectivity index (χ1v) is 11.5. The molecule has 2 aliphatic carbocycles. The second kappa shape index (κ2) is 6.03. The lowest BCUT2D eigenvalue weighted by atomic mass is 9.77. The molecule has 2 saturated carbocycles. The zero-order valence-electron chi connectivity index (χ0n) is 14.5. The zero-order chi connectivity index (χ0) is 18.1. The summed E-state index contributed by atoms with van der Waals surface area (Å²) in [6.07, 6.45) is 3.99. The predicted octanol–water partition coefficient (Wildman–Crippen LogP) is 6.00. The van der Waals surface area contributed by atoms with E-state index in [0.29, 0.717) is 11.2 Å². The molecule has 6 heteroatoms. The van der Waals surface area contributed by atoms with Crippen LogP contribution < -0.4 is 4.87 Å². The SMILES string of the molecule is O=c1[nH]c2c(s1)[C@H](c1ccc(-c3ccc(Cl)cc3)o1)[C@H]1[C@H]3CC[C@@H](C3)[C@H]1S2. The zero-order valence-corrected chi connectivity index (χ0v) is 16.9. The molecule has 2 aromatic heterocycles. The molecule has 5 atom stereocenters. The van der Waals surface area contributed by atoms with Crippen LogP contribution in [0.15, 0.2) is 50.6 Å². The minimum Gasteiger partial charge on any atom is -0.460 e. The standard InChI is InChI=1S/C21H18ClNO2S2/c22-13-5-3-10(4-6-13)14-7-8-15(25-14)17-16-11-1-2-12(9-11)18(16)26-20-19(17)27-21(24)23-20/h3-8,11-12,16-18H,1-2,9H2,(H,23,24)/t11-,12-,16+,17+,18+/m0/s1. The minimum atomic E-state index is 0.0503. The van der Waals surface area contributed by atoms with E-state index in [1.165, 1.54) is 35.5 Å². The number of rotatable bonds is 2. The Balaban J connectivity index is 1.45. The minimum absolute atomic E-state index is 0.0503. The van der Waals surface area contributed by atoms with Gasteiger partial charge in [-0.05, 0) is 73.4 Å². The molecule has 3 aliphatic rings. The first kappa shape index (κ1) is 16.5. The average Bonchev–Trinajstić information content (AvgIpc) is 3.43. The lowest BCUT2D eigenvalue weighted by molar-refractivity contribution is 0.285. The fraction of sp³-hybridized carbons (Fsp3) is 0.381. The number of thioether (sulfide) groups is 1. The number of nitrogens with one attached hydrogen (secondary N) is 1. The largest absolute Gasteiger partial charge is 0.460 e. The molecule has 138 valence electrons. The third kappa shape index (κ3) is 2.51. The number of benzene rings is 1. The third-order valence-corrected chi connectivity index (χ3v) is 9.40. The molecular formula is C21H18ClNO2S2. The smallest absolute Gasteiger partial charge is 0.305 e. The van der Waals surface area contributed by atoms with Gasteiger partial charge in [0.25, 0.3) is 0 Å². The summed E-state index contributed by atoms with van der Waals surface area (Å²) >= 11 is 9.30. The summed E-state index contributed by atoms with van der Waals surface area (Å²) in [6, 6.07) is 11.9. The number of hydrogen-bond acceptors (Lipinski definition) is 4. The highest BCUT2D eigenvalue weighted by Crippen LogP contribution is 2.63. The van der Waals surface area contributed by atoms with Crippen molar-refractivity contribution in [3.63, 3.8) is 0 Å². The highest BCUT2D eigenvalue weighted by molar-refractivity contribution is 8.00. The van der Waals surface area contributed by atoms with E-state index in [-0.39, 0.29) is 10.8 Å². The molecule has 3 heterocycles. The first-order chi connectivity index (χ1) is 13.2. The summed E-state index contributed by atoms with van der Waals surface area (Å²) in [5.74, 6) is 4.19. The Bertz CT molecular complexity index is 1070. The maximum atomic E-state index is 12.1. The molecule has 0 saturated heterocycles. The Kier molecular flexibility index (Phi) is 3.69. The van der Waals surface area contributed by atoms with Gasteiger partial charge in [0.05, 0.1) is 15.8 Å². The molecule has 27 heavy (non-hydrogen) atoms. The number of halogens is 1. The van der Waals surface area contributed by atoms with Crippen LogP contribution in [0, 0.1) is 17.8 Å². The average molecular weight is 416 g/mol. The van der Waals surface area contributed by atoms with Gasteiger partial charge in [0.15, 0.2) is 0 Å². The maximum Gasteiger partial charge on any atom is 0.305 e. The van der Waals surface area contributed by atoms with Crippen molar-refractivity contribution < 1.29 is 4.42 Å². The van der Waals surface area contributed by atoms with Gasteiger partial charge < -0.3 is 9.40 Å². The molecule has 0 radical (unpaired) electrons. The highest BCUT2D eigenvalue weighted by Gasteiger charge is 2.55. The number of aromatic nitrogens is 1. The summed E-state index contributed by atoms with van der Waals surface area (Å²) in [6.45, 7) is 0. The molecule has 3 aromatic rings. The van der Waals surface area contributed by atoms with E-state index >= 15 is 0 Å². The predicted molar refractivity (Wildman–Crippen MR) is 110 cm³/mol. The molecule has 0 unspecified atom stereocenters. The van der Waals surface area contributed by atoms with Crippen LogP contribution in [0.1, 0.15) is 35.8 Å². The van der Waals surface area contributed by atoms with Crippen molar-refractivity contribution in [3.05, 3.63) is 61.7 Å². The second-order valence-corrected chi connectivity index (χ2v) is 10.5. The van der Waals surface area contributed by atoms with Gasteiger partial charge in [-0.2, -0.15) is 0 Å². The molecule has 0 spiro atoms. The van der Waals surface area contributed by atoms with E-state index in [9.17, 15) is 4.79 Å². The number of thiazole rings is 1. The van der Waals surface area contributed by atoms with Crippen LogP contribution in [0.5, 0.6) is 0 Å². The van der Waals surface area contributed by atoms with E-state index in [1.54, 1.807) is 0 Å². The van der Waals surface area contributed by atoms with Crippen LogP contribution >= 0.6 is 34.7 Å². The Morgan fingerprint density at radius 2 is 1.89 bits per heavy atom. The van der Waals surface area contributed by atoms with Crippen LogP contribution in [0.4, 0.5) is 0 Å². The van der Waals surface area contributed by atoms with Gasteiger partial charge in [0, 0.05) is 15.8 Å². The summed E-state index contributed by atoms with van der Waals surface area (Å²) in [5.41, 5.74) is 1.03. The molecule has 1 aromatic carbocycles. The number of hydrogen-bond donors (Lipinski definition) is 1. The van der Waals surface area contributed by atoms with Crippen LogP contribution in [0.25, 0.3) is 11.3 Å². The molecule has 2 fully saturated rings. The molecule has 1 N–H and O–H groups in total. The number of furan rings is 1. The van der Waals surface area contributed by atoms with Gasteiger partial charge in [-0.1, -0.05) is 22.9 Å². The van der Waals surface area contributed by atoms with Crippen molar-refractivity contribution in [2.24, 2.45) is 17.8 Å². The van der Waals surface area contributed by atoms with Gasteiger partial charge >= 0.3 is 4.87 Å². The quantitative estimate of drug-likeness (QED) is 0.558. The van der Waals surface area contributed by atoms with E-state index in [2.05, 4.69) is 17.1 Å². The van der Waals surface area contributed by atoms with Crippen molar-refractivity contribution >= 4 is 34.7 Å². The van der Waals surface area contributed by atoms with Crippen molar-refractivity contribution in [1.29, 1.82) is 0 Å². The summed E-state index contributed by atoms with van der Waals surface area (Å²) in [7, 11) is 0. The molecule has 6 rings (SSSR count). The van der Waals surface area contributed by atoms with E-state index in [0.717, 1.165) is 39.0 Å². The van der Waals surface area contributed by atoms with E-state index < -0.39 is 0 Å². The van der Waals surface area contributed by atoms with Gasteiger partial charge in [-0.15, -0.1) is 11.8 Å². The Labute approximate surface area is 170 Å². The van der Waals surface area contributed by atoms with Gasteiger partial charge in [-0.25, -0.2) is 0 Å². The summed E-state index contributed by atoms with van der Waals surface area (Å²) in [5, 5.41) is 2.41. The molecule has 1 aliphatic heterocycles. The Hall–Kier alpha value is -1.43. The first-order valence-electron chi connectivity index (χ1n) is 9.43. The van der Waals surface area contributed by atoms with Crippen molar-refractivity contribution in [2.45, 2.75) is 35.5 Å². The Morgan fingerprint density at radius 1 is 1.07 bits per heavy atom. The summed E-state index contributed by atoms with van der Waals surface area (Å²) in [4.78, 5) is 16.4. The fourth-order valence-corrected chi connectivity index (χ4v) is 8.46. The number of aromatic amines is 1. The lowest BCUT2D eigenvalue weighted by Gasteiger charge is -2.38. The van der Waals surface area contributed by atoms with Crippen LogP contribution in [0.2, 0.25) is 5.02 Å². The van der Waals surface area contributed by atoms with E-state index in [4.69, 9.17) is 16.0 Å². The third-order valence-electron chi connectivity index (χ3n) is 6.53. The topological polar surface area (TPSA) is 46.0 Å². The summed E-state index contributed by atoms with van der Waals surface area (Å²) < 4.78 is 6.37. The van der Waals surface area contributed by atoms with Gasteiger partial charge in [-0.3, -0.25) is 4.79 Å². The van der Waals surface area contributed by atoms with E-state index in [1.807, 2.05) is 36.0 Å². The molecule has 0 amide bonds. The Morgan fingerprint density at radius 3 is 2.74 bits per heavy atom. The van der Waals surface area contributed by atoms with Gasteiger partial charge in [0.2, 0.25) is 0 Å². The lowest BCUT2D eigenvalue weighted by Crippen LogP contribution is -2.33. The molecule has 2 bridgehead atoms. The second-order valence-electron chi connectivity index (χ2n) is 7.89. The monoisotopic (exact) mass is 415 g/mol.